The van der Waals surface area contributed by atoms with Crippen molar-refractivity contribution >= 4 is 5.91 Å². The number of amides is 1. The van der Waals surface area contributed by atoms with Crippen molar-refractivity contribution in [3.63, 3.8) is 0 Å². The van der Waals surface area contributed by atoms with Gasteiger partial charge >= 0.3 is 0 Å². The van der Waals surface area contributed by atoms with E-state index < -0.39 is 0 Å². The van der Waals surface area contributed by atoms with Crippen LogP contribution in [0.25, 0.3) is 0 Å². The van der Waals surface area contributed by atoms with Crippen LogP contribution >= 0.6 is 0 Å². The Morgan fingerprint density at radius 3 is 3.00 bits per heavy atom. The maximum Gasteiger partial charge on any atom is 0.272 e. The number of aryl methyl sites for hydroxylation is 1. The zero-order valence-corrected chi connectivity index (χ0v) is 14.7. The molecule has 0 N–H and O–H groups in total. The molecule has 24 heavy (non-hydrogen) atoms. The van der Waals surface area contributed by atoms with Crippen molar-refractivity contribution in [3.05, 3.63) is 23.3 Å². The highest BCUT2D eigenvalue weighted by Gasteiger charge is 2.38. The maximum absolute atomic E-state index is 12.9. The first-order chi connectivity index (χ1) is 11.6. The van der Waals surface area contributed by atoms with E-state index in [9.17, 15) is 4.79 Å². The molecule has 0 aromatic carbocycles. The fourth-order valence-corrected chi connectivity index (χ4v) is 3.52. The third-order valence-corrected chi connectivity index (χ3v) is 5.11. The van der Waals surface area contributed by atoms with E-state index in [0.717, 1.165) is 37.4 Å². The molecule has 2 fully saturated rings. The van der Waals surface area contributed by atoms with Gasteiger partial charge in [-0.2, -0.15) is 0 Å². The van der Waals surface area contributed by atoms with E-state index in [-0.39, 0.29) is 18.1 Å². The van der Waals surface area contributed by atoms with E-state index in [2.05, 4.69) is 14.9 Å². The largest absolute Gasteiger partial charge is 0.383 e. The van der Waals surface area contributed by atoms with Crippen molar-refractivity contribution in [2.45, 2.75) is 32.4 Å². The molecule has 7 nitrogen and oxygen atoms in total. The molecule has 0 unspecified atom stereocenters. The third-order valence-electron chi connectivity index (χ3n) is 5.11. The van der Waals surface area contributed by atoms with Crippen LogP contribution in [0.3, 0.4) is 0 Å². The van der Waals surface area contributed by atoms with E-state index in [1.54, 1.807) is 7.11 Å². The molecule has 0 aliphatic carbocycles. The Bertz CT molecular complexity index is 595. The summed E-state index contributed by atoms with van der Waals surface area (Å²) in [4.78, 5) is 25.6. The lowest BCUT2D eigenvalue weighted by Crippen LogP contribution is -2.61. The molecule has 0 saturated carbocycles. The highest BCUT2D eigenvalue weighted by atomic mass is 16.5. The number of piperidine rings is 1. The number of rotatable bonds is 4. The number of carbonyl (C=O) groups excluding carboxylic acids is 1. The lowest BCUT2D eigenvalue weighted by Gasteiger charge is -2.47. The standard InChI is InChI=1S/C17H26N4O3/c1-12-13(2)18-11-19-16(12)17(22)21-5-4-15-14(10-21)20(6-8-23-3)7-9-24-15/h11,14-15H,4-10H2,1-3H3/t14-,15-/m0/s1. The molecular formula is C17H26N4O3. The third kappa shape index (κ3) is 3.43. The van der Waals surface area contributed by atoms with E-state index in [0.29, 0.717) is 25.4 Å². The van der Waals surface area contributed by atoms with Gasteiger partial charge in [-0.25, -0.2) is 9.97 Å². The van der Waals surface area contributed by atoms with Gasteiger partial charge < -0.3 is 14.4 Å². The first-order valence-corrected chi connectivity index (χ1v) is 8.54. The van der Waals surface area contributed by atoms with E-state index in [1.807, 2.05) is 18.7 Å². The van der Waals surface area contributed by atoms with Crippen LogP contribution in [0.1, 0.15) is 28.2 Å². The number of likely N-dealkylation sites (tertiary alicyclic amines) is 1. The summed E-state index contributed by atoms with van der Waals surface area (Å²) in [6.45, 7) is 8.40. The molecule has 1 aromatic rings. The molecule has 2 aliphatic heterocycles. The molecule has 0 spiro atoms. The minimum atomic E-state index is -0.00582. The van der Waals surface area contributed by atoms with Crippen LogP contribution in [-0.2, 0) is 9.47 Å². The second-order valence-electron chi connectivity index (χ2n) is 6.48. The van der Waals surface area contributed by atoms with Crippen LogP contribution < -0.4 is 0 Å². The molecule has 2 aliphatic rings. The quantitative estimate of drug-likeness (QED) is 0.806. The molecule has 2 atom stereocenters. The number of nitrogens with zero attached hydrogens (tertiary/aromatic N) is 4. The van der Waals surface area contributed by atoms with Crippen molar-refractivity contribution in [2.24, 2.45) is 0 Å². The average molecular weight is 334 g/mol. The molecule has 132 valence electrons. The topological polar surface area (TPSA) is 67.8 Å². The van der Waals surface area contributed by atoms with Crippen molar-refractivity contribution in [2.75, 3.05) is 46.5 Å². The van der Waals surface area contributed by atoms with Gasteiger partial charge in [-0.05, 0) is 20.3 Å². The number of fused-ring (bicyclic) bond motifs is 1. The van der Waals surface area contributed by atoms with E-state index in [4.69, 9.17) is 9.47 Å². The van der Waals surface area contributed by atoms with Crippen molar-refractivity contribution in [1.82, 2.24) is 19.8 Å². The molecule has 7 heteroatoms. The van der Waals surface area contributed by atoms with E-state index >= 15 is 0 Å². The van der Waals surface area contributed by atoms with Gasteiger partial charge in [-0.1, -0.05) is 0 Å². The SMILES string of the molecule is COCCN1CCO[C@H]2CCN(C(=O)c3ncnc(C)c3C)C[C@@H]21. The highest BCUT2D eigenvalue weighted by molar-refractivity contribution is 5.93. The normalized spacial score (nSPS) is 24.7. The van der Waals surface area contributed by atoms with Crippen LogP contribution in [-0.4, -0.2) is 84.3 Å². The number of hydrogen-bond donors (Lipinski definition) is 0. The summed E-state index contributed by atoms with van der Waals surface area (Å²) in [6, 6.07) is 0.231. The number of methoxy groups -OCH3 is 1. The van der Waals surface area contributed by atoms with Crippen LogP contribution in [0.2, 0.25) is 0 Å². The maximum atomic E-state index is 12.9. The molecule has 2 saturated heterocycles. The summed E-state index contributed by atoms with van der Waals surface area (Å²) in [6.07, 6.45) is 2.54. The number of ether oxygens (including phenoxy) is 2. The van der Waals surface area contributed by atoms with Gasteiger partial charge in [0.2, 0.25) is 0 Å². The number of aromatic nitrogens is 2. The van der Waals surface area contributed by atoms with Crippen LogP contribution in [0.15, 0.2) is 6.33 Å². The van der Waals surface area contributed by atoms with Gasteiger partial charge in [0.15, 0.2) is 0 Å². The molecule has 3 rings (SSSR count). The Morgan fingerprint density at radius 2 is 2.21 bits per heavy atom. The first-order valence-electron chi connectivity index (χ1n) is 8.54. The van der Waals surface area contributed by atoms with Crippen LogP contribution in [0.5, 0.6) is 0 Å². The fourth-order valence-electron chi connectivity index (χ4n) is 3.52. The second-order valence-corrected chi connectivity index (χ2v) is 6.48. The molecule has 1 amide bonds. The number of carbonyl (C=O) groups is 1. The monoisotopic (exact) mass is 334 g/mol. The van der Waals surface area contributed by atoms with Gasteiger partial charge in [0.05, 0.1) is 25.4 Å². The van der Waals surface area contributed by atoms with Crippen molar-refractivity contribution in [3.8, 4) is 0 Å². The zero-order chi connectivity index (χ0) is 17.1. The number of hydrogen-bond acceptors (Lipinski definition) is 6. The Labute approximate surface area is 143 Å². The van der Waals surface area contributed by atoms with Gasteiger partial charge in [0.25, 0.3) is 5.91 Å². The smallest absolute Gasteiger partial charge is 0.272 e. The minimum absolute atomic E-state index is 0.00582. The van der Waals surface area contributed by atoms with Gasteiger partial charge in [-0.15, -0.1) is 0 Å². The highest BCUT2D eigenvalue weighted by Crippen LogP contribution is 2.24. The Hall–Kier alpha value is -1.57. The van der Waals surface area contributed by atoms with Gasteiger partial charge in [0.1, 0.15) is 12.0 Å². The van der Waals surface area contributed by atoms with E-state index in [1.165, 1.54) is 6.33 Å². The predicted octanol–water partition coefficient (Wildman–Crippen LogP) is 0.655. The lowest BCUT2D eigenvalue weighted by molar-refractivity contribution is -0.101. The Morgan fingerprint density at radius 1 is 1.38 bits per heavy atom. The average Bonchev–Trinajstić information content (AvgIpc) is 2.61. The second kappa shape index (κ2) is 7.55. The van der Waals surface area contributed by atoms with Crippen molar-refractivity contribution < 1.29 is 14.3 Å². The fraction of sp³-hybridized carbons (Fsp3) is 0.706. The van der Waals surface area contributed by atoms with Crippen LogP contribution in [0.4, 0.5) is 0 Å². The lowest BCUT2D eigenvalue weighted by atomic mass is 9.98. The molecular weight excluding hydrogens is 308 g/mol. The number of morpholine rings is 1. The van der Waals surface area contributed by atoms with Crippen LogP contribution in [0, 0.1) is 13.8 Å². The minimum Gasteiger partial charge on any atom is -0.383 e. The summed E-state index contributed by atoms with van der Waals surface area (Å²) in [7, 11) is 1.72. The molecule has 3 heterocycles. The summed E-state index contributed by atoms with van der Waals surface area (Å²) in [5, 5.41) is 0. The Balaban J connectivity index is 1.73. The molecule has 0 radical (unpaired) electrons. The van der Waals surface area contributed by atoms with Gasteiger partial charge in [-0.3, -0.25) is 9.69 Å². The summed E-state index contributed by atoms with van der Waals surface area (Å²) in [5.41, 5.74) is 2.23. The zero-order valence-electron chi connectivity index (χ0n) is 14.7. The summed E-state index contributed by atoms with van der Waals surface area (Å²) in [5.74, 6) is -0.00582. The molecule has 0 bridgehead atoms. The van der Waals surface area contributed by atoms with Gasteiger partial charge in [0, 0.05) is 44.5 Å². The summed E-state index contributed by atoms with van der Waals surface area (Å²) < 4.78 is 11.1. The first kappa shape index (κ1) is 17.3. The molecule has 1 aromatic heterocycles. The predicted molar refractivity (Wildman–Crippen MR) is 89.0 cm³/mol. The Kier molecular flexibility index (Phi) is 5.43. The summed E-state index contributed by atoms with van der Waals surface area (Å²) >= 11 is 0. The van der Waals surface area contributed by atoms with Crippen molar-refractivity contribution in [1.29, 1.82) is 0 Å².